The van der Waals surface area contributed by atoms with Crippen LogP contribution in [0.1, 0.15) is 25.0 Å². The van der Waals surface area contributed by atoms with Crippen LogP contribution in [0.4, 0.5) is 5.69 Å². The standard InChI is InChI=1S/C17H20N4O2/c22-16-17(5-7-21(16)14-9-18-13-19-10-14)4-2-6-20(12-17)11-15-3-1-8-23-15/h1,3,8-10,13H,2,4-7,11-12H2. The maximum Gasteiger partial charge on any atom is 0.234 e. The van der Waals surface area contributed by atoms with Gasteiger partial charge >= 0.3 is 0 Å². The molecule has 0 saturated carbocycles. The molecule has 2 aromatic rings. The van der Waals surface area contributed by atoms with Gasteiger partial charge in [0, 0.05) is 13.1 Å². The second kappa shape index (κ2) is 5.77. The maximum atomic E-state index is 13.1. The molecule has 1 spiro atoms. The van der Waals surface area contributed by atoms with Crippen LogP contribution in [-0.2, 0) is 11.3 Å². The van der Waals surface area contributed by atoms with Gasteiger partial charge < -0.3 is 9.32 Å². The second-order valence-corrected chi connectivity index (χ2v) is 6.48. The first-order chi connectivity index (χ1) is 11.3. The van der Waals surface area contributed by atoms with Gasteiger partial charge in [-0.3, -0.25) is 9.69 Å². The smallest absolute Gasteiger partial charge is 0.234 e. The van der Waals surface area contributed by atoms with E-state index < -0.39 is 0 Å². The van der Waals surface area contributed by atoms with Crippen LogP contribution in [0.2, 0.25) is 0 Å². The molecule has 1 unspecified atom stereocenters. The lowest BCUT2D eigenvalue weighted by Gasteiger charge is -2.38. The first-order valence-corrected chi connectivity index (χ1v) is 8.09. The van der Waals surface area contributed by atoms with E-state index in [1.165, 1.54) is 6.33 Å². The highest BCUT2D eigenvalue weighted by Gasteiger charge is 2.49. The number of carbonyl (C=O) groups is 1. The largest absolute Gasteiger partial charge is 0.468 e. The van der Waals surface area contributed by atoms with Crippen LogP contribution in [0.25, 0.3) is 0 Å². The number of nitrogens with zero attached hydrogens (tertiary/aromatic N) is 4. The van der Waals surface area contributed by atoms with Gasteiger partial charge in [0.05, 0.1) is 36.3 Å². The maximum absolute atomic E-state index is 13.1. The molecule has 2 fully saturated rings. The molecule has 120 valence electrons. The molecule has 6 nitrogen and oxygen atoms in total. The molecule has 0 aromatic carbocycles. The molecule has 4 heterocycles. The predicted molar refractivity (Wildman–Crippen MR) is 84.7 cm³/mol. The van der Waals surface area contributed by atoms with Gasteiger partial charge in [0.15, 0.2) is 0 Å². The van der Waals surface area contributed by atoms with E-state index in [1.807, 2.05) is 17.0 Å². The fraction of sp³-hybridized carbons (Fsp3) is 0.471. The molecule has 1 amide bonds. The van der Waals surface area contributed by atoms with Crippen LogP contribution < -0.4 is 4.90 Å². The summed E-state index contributed by atoms with van der Waals surface area (Å²) in [6, 6.07) is 3.90. The van der Waals surface area contributed by atoms with Crippen LogP contribution in [0, 0.1) is 5.41 Å². The summed E-state index contributed by atoms with van der Waals surface area (Å²) in [4.78, 5) is 25.3. The first kappa shape index (κ1) is 14.4. The van der Waals surface area contributed by atoms with E-state index in [0.29, 0.717) is 0 Å². The van der Waals surface area contributed by atoms with Gasteiger partial charge in [-0.15, -0.1) is 0 Å². The van der Waals surface area contributed by atoms with Gasteiger partial charge in [-0.05, 0) is 37.9 Å². The number of hydrogen-bond donors (Lipinski definition) is 0. The Kier molecular flexibility index (Phi) is 3.61. The number of rotatable bonds is 3. The molecular weight excluding hydrogens is 292 g/mol. The van der Waals surface area contributed by atoms with E-state index in [2.05, 4.69) is 14.9 Å². The minimum absolute atomic E-state index is 0.219. The van der Waals surface area contributed by atoms with E-state index in [4.69, 9.17) is 4.42 Å². The Morgan fingerprint density at radius 2 is 2.09 bits per heavy atom. The normalized spacial score (nSPS) is 25.4. The van der Waals surface area contributed by atoms with Crippen molar-refractivity contribution in [3.63, 3.8) is 0 Å². The zero-order valence-electron chi connectivity index (χ0n) is 13.0. The van der Waals surface area contributed by atoms with Crippen molar-refractivity contribution < 1.29 is 9.21 Å². The van der Waals surface area contributed by atoms with Crippen molar-refractivity contribution in [3.8, 4) is 0 Å². The number of carbonyl (C=O) groups excluding carboxylic acids is 1. The van der Waals surface area contributed by atoms with Crippen LogP contribution in [0.3, 0.4) is 0 Å². The quantitative estimate of drug-likeness (QED) is 0.868. The monoisotopic (exact) mass is 312 g/mol. The van der Waals surface area contributed by atoms with Crippen molar-refractivity contribution in [2.24, 2.45) is 5.41 Å². The first-order valence-electron chi connectivity index (χ1n) is 8.09. The number of likely N-dealkylation sites (tertiary alicyclic amines) is 1. The van der Waals surface area contributed by atoms with Crippen molar-refractivity contribution in [2.45, 2.75) is 25.8 Å². The number of anilines is 1. The summed E-state index contributed by atoms with van der Waals surface area (Å²) in [5.41, 5.74) is 0.540. The highest BCUT2D eigenvalue weighted by molar-refractivity contribution is 5.99. The van der Waals surface area contributed by atoms with E-state index >= 15 is 0 Å². The lowest BCUT2D eigenvalue weighted by molar-refractivity contribution is -0.128. The molecule has 2 aliphatic heterocycles. The summed E-state index contributed by atoms with van der Waals surface area (Å²) < 4.78 is 5.45. The Balaban J connectivity index is 1.51. The zero-order valence-corrected chi connectivity index (χ0v) is 13.0. The Labute approximate surface area is 135 Å². The molecule has 23 heavy (non-hydrogen) atoms. The summed E-state index contributed by atoms with van der Waals surface area (Å²) in [6.45, 7) is 3.35. The van der Waals surface area contributed by atoms with Crippen molar-refractivity contribution >= 4 is 11.6 Å². The van der Waals surface area contributed by atoms with E-state index in [0.717, 1.165) is 56.9 Å². The second-order valence-electron chi connectivity index (χ2n) is 6.48. The third kappa shape index (κ3) is 2.63. The topological polar surface area (TPSA) is 62.5 Å². The highest BCUT2D eigenvalue weighted by atomic mass is 16.3. The number of piperidine rings is 1. The molecule has 0 aliphatic carbocycles. The van der Waals surface area contributed by atoms with Crippen molar-refractivity contribution in [2.75, 3.05) is 24.5 Å². The third-order valence-corrected chi connectivity index (χ3v) is 4.99. The van der Waals surface area contributed by atoms with Crippen LogP contribution in [-0.4, -0.2) is 40.4 Å². The minimum atomic E-state index is -0.263. The predicted octanol–water partition coefficient (Wildman–Crippen LogP) is 2.09. The van der Waals surface area contributed by atoms with Crippen LogP contribution in [0.5, 0.6) is 0 Å². The van der Waals surface area contributed by atoms with Gasteiger partial charge in [0.25, 0.3) is 0 Å². The summed E-state index contributed by atoms with van der Waals surface area (Å²) in [5.74, 6) is 1.18. The molecule has 1 atom stereocenters. The number of hydrogen-bond acceptors (Lipinski definition) is 5. The Hall–Kier alpha value is -2.21. The molecule has 2 aromatic heterocycles. The molecule has 6 heteroatoms. The van der Waals surface area contributed by atoms with Gasteiger partial charge in [0.2, 0.25) is 5.91 Å². The van der Waals surface area contributed by atoms with Crippen molar-refractivity contribution in [1.82, 2.24) is 14.9 Å². The fourth-order valence-corrected chi connectivity index (χ4v) is 3.86. The van der Waals surface area contributed by atoms with Crippen LogP contribution >= 0.6 is 0 Å². The number of amides is 1. The summed E-state index contributed by atoms with van der Waals surface area (Å²) in [5, 5.41) is 0. The number of furan rings is 1. The third-order valence-electron chi connectivity index (χ3n) is 4.99. The Morgan fingerprint density at radius 3 is 2.87 bits per heavy atom. The Bertz CT molecular complexity index is 673. The van der Waals surface area contributed by atoms with Gasteiger partial charge in [-0.25, -0.2) is 9.97 Å². The molecular formula is C17H20N4O2. The Morgan fingerprint density at radius 1 is 1.22 bits per heavy atom. The van der Waals surface area contributed by atoms with Gasteiger partial charge in [0.1, 0.15) is 12.1 Å². The summed E-state index contributed by atoms with van der Waals surface area (Å²) in [7, 11) is 0. The fourth-order valence-electron chi connectivity index (χ4n) is 3.86. The van der Waals surface area contributed by atoms with Crippen molar-refractivity contribution in [3.05, 3.63) is 42.9 Å². The molecule has 4 rings (SSSR count). The lowest BCUT2D eigenvalue weighted by atomic mass is 9.78. The zero-order chi connectivity index (χ0) is 15.7. The highest BCUT2D eigenvalue weighted by Crippen LogP contribution is 2.41. The van der Waals surface area contributed by atoms with Gasteiger partial charge in [-0.1, -0.05) is 0 Å². The average Bonchev–Trinajstić information content (AvgIpc) is 3.19. The van der Waals surface area contributed by atoms with E-state index in [-0.39, 0.29) is 11.3 Å². The van der Waals surface area contributed by atoms with Gasteiger partial charge in [-0.2, -0.15) is 0 Å². The summed E-state index contributed by atoms with van der Waals surface area (Å²) >= 11 is 0. The molecule has 0 radical (unpaired) electrons. The van der Waals surface area contributed by atoms with Crippen LogP contribution in [0.15, 0.2) is 41.5 Å². The molecule has 2 aliphatic rings. The SMILES string of the molecule is O=C1N(c2cncnc2)CCC12CCCN(Cc1ccco1)C2. The lowest BCUT2D eigenvalue weighted by Crippen LogP contribution is -2.47. The number of aromatic nitrogens is 2. The van der Waals surface area contributed by atoms with E-state index in [9.17, 15) is 4.79 Å². The molecule has 2 saturated heterocycles. The average molecular weight is 312 g/mol. The molecule has 0 bridgehead atoms. The van der Waals surface area contributed by atoms with Crippen molar-refractivity contribution in [1.29, 1.82) is 0 Å². The molecule has 0 N–H and O–H groups in total. The van der Waals surface area contributed by atoms with E-state index in [1.54, 1.807) is 18.7 Å². The summed E-state index contributed by atoms with van der Waals surface area (Å²) in [6.07, 6.45) is 9.53. The minimum Gasteiger partial charge on any atom is -0.468 e.